The third-order valence-electron chi connectivity index (χ3n) is 4.49. The first kappa shape index (κ1) is 17.4. The zero-order valence-corrected chi connectivity index (χ0v) is 14.5. The molecule has 1 aliphatic rings. The van der Waals surface area contributed by atoms with E-state index in [1.165, 1.54) is 20.2 Å². The molecule has 1 aromatic carbocycles. The van der Waals surface area contributed by atoms with Crippen LogP contribution in [0.1, 0.15) is 18.5 Å². The van der Waals surface area contributed by atoms with Crippen LogP contribution in [0.2, 0.25) is 0 Å². The molecule has 2 heterocycles. The molecule has 0 saturated carbocycles. The molecule has 3 rings (SSSR count). The Bertz CT molecular complexity index is 962. The standard InChI is InChI=1S/C18H17N3O5/c1-10(17(24)25)21-9-11(12-6-4-5-7-14(12)21)8-13-15(22)19(2)18(26)20(3)16(13)23/h4-10H,1-3H3,(H,24,25). The summed E-state index contributed by atoms with van der Waals surface area (Å²) >= 11 is 0. The zero-order chi connectivity index (χ0) is 19.2. The van der Waals surface area contributed by atoms with Gasteiger partial charge in [-0.1, -0.05) is 18.2 Å². The van der Waals surface area contributed by atoms with Crippen molar-refractivity contribution < 1.29 is 24.3 Å². The smallest absolute Gasteiger partial charge is 0.333 e. The van der Waals surface area contributed by atoms with Gasteiger partial charge in [0.25, 0.3) is 11.8 Å². The van der Waals surface area contributed by atoms with Gasteiger partial charge in [-0.25, -0.2) is 9.59 Å². The van der Waals surface area contributed by atoms with E-state index in [1.807, 2.05) is 0 Å². The molecule has 8 heteroatoms. The van der Waals surface area contributed by atoms with Crippen molar-refractivity contribution in [3.63, 3.8) is 0 Å². The maximum Gasteiger partial charge on any atom is 0.333 e. The molecule has 1 atom stereocenters. The summed E-state index contributed by atoms with van der Waals surface area (Å²) in [7, 11) is 2.61. The molecule has 1 aromatic heterocycles. The number of hydrogen-bond acceptors (Lipinski definition) is 4. The van der Waals surface area contributed by atoms with Gasteiger partial charge in [-0.05, 0) is 19.1 Å². The lowest BCUT2D eigenvalue weighted by molar-refractivity contribution is -0.140. The summed E-state index contributed by atoms with van der Waals surface area (Å²) in [6, 6.07) is 5.59. The number of rotatable bonds is 3. The van der Waals surface area contributed by atoms with Gasteiger partial charge in [0.15, 0.2) is 0 Å². The number of imide groups is 2. The van der Waals surface area contributed by atoms with Crippen LogP contribution in [0.15, 0.2) is 36.0 Å². The lowest BCUT2D eigenvalue weighted by atomic mass is 10.1. The fourth-order valence-corrected chi connectivity index (χ4v) is 2.92. The monoisotopic (exact) mass is 355 g/mol. The van der Waals surface area contributed by atoms with Crippen molar-refractivity contribution >= 4 is 40.8 Å². The van der Waals surface area contributed by atoms with Crippen LogP contribution >= 0.6 is 0 Å². The minimum Gasteiger partial charge on any atom is -0.480 e. The maximum absolute atomic E-state index is 12.4. The maximum atomic E-state index is 12.4. The van der Waals surface area contributed by atoms with E-state index >= 15 is 0 Å². The van der Waals surface area contributed by atoms with Gasteiger partial charge < -0.3 is 9.67 Å². The number of urea groups is 1. The fourth-order valence-electron chi connectivity index (χ4n) is 2.92. The van der Waals surface area contributed by atoms with Crippen LogP contribution in [0.4, 0.5) is 4.79 Å². The van der Waals surface area contributed by atoms with Gasteiger partial charge >= 0.3 is 12.0 Å². The number of carbonyl (C=O) groups is 4. The highest BCUT2D eigenvalue weighted by Crippen LogP contribution is 2.28. The largest absolute Gasteiger partial charge is 0.480 e. The van der Waals surface area contributed by atoms with Crippen LogP contribution in [-0.2, 0) is 14.4 Å². The van der Waals surface area contributed by atoms with E-state index in [0.717, 1.165) is 9.80 Å². The number of para-hydroxylation sites is 1. The Hall–Kier alpha value is -3.42. The molecule has 1 fully saturated rings. The number of carbonyl (C=O) groups excluding carboxylic acids is 3. The molecule has 1 N–H and O–H groups in total. The molecule has 0 spiro atoms. The highest BCUT2D eigenvalue weighted by Gasteiger charge is 2.38. The molecule has 8 nitrogen and oxygen atoms in total. The summed E-state index contributed by atoms with van der Waals surface area (Å²) < 4.78 is 1.57. The lowest BCUT2D eigenvalue weighted by Gasteiger charge is -2.28. The SMILES string of the molecule is CC(C(=O)O)n1cc(C=C2C(=O)N(C)C(=O)N(C)C2=O)c2ccccc21. The van der Waals surface area contributed by atoms with Crippen LogP contribution in [0.25, 0.3) is 17.0 Å². The molecule has 26 heavy (non-hydrogen) atoms. The van der Waals surface area contributed by atoms with E-state index in [2.05, 4.69) is 0 Å². The Morgan fingerprint density at radius 1 is 1.08 bits per heavy atom. The average molecular weight is 355 g/mol. The van der Waals surface area contributed by atoms with E-state index in [-0.39, 0.29) is 5.57 Å². The highest BCUT2D eigenvalue weighted by atomic mass is 16.4. The average Bonchev–Trinajstić information content (AvgIpc) is 3.00. The molecule has 1 saturated heterocycles. The number of carboxylic acids is 1. The van der Waals surface area contributed by atoms with Crippen molar-refractivity contribution in [1.29, 1.82) is 0 Å². The molecule has 0 radical (unpaired) electrons. The second kappa shape index (κ2) is 6.14. The summed E-state index contributed by atoms with van der Waals surface area (Å²) in [6.45, 7) is 1.54. The lowest BCUT2D eigenvalue weighted by Crippen LogP contribution is -2.52. The van der Waals surface area contributed by atoms with Gasteiger partial charge in [-0.2, -0.15) is 0 Å². The Kier molecular flexibility index (Phi) is 4.11. The number of barbiturate groups is 1. The molecular weight excluding hydrogens is 338 g/mol. The Morgan fingerprint density at radius 2 is 1.65 bits per heavy atom. The quantitative estimate of drug-likeness (QED) is 0.667. The van der Waals surface area contributed by atoms with Crippen LogP contribution in [0, 0.1) is 0 Å². The first-order valence-electron chi connectivity index (χ1n) is 7.88. The molecule has 0 bridgehead atoms. The predicted octanol–water partition coefficient (Wildman–Crippen LogP) is 1.72. The molecule has 2 aromatic rings. The Morgan fingerprint density at radius 3 is 2.23 bits per heavy atom. The predicted molar refractivity (Wildman–Crippen MR) is 93.2 cm³/mol. The molecule has 1 aliphatic heterocycles. The van der Waals surface area contributed by atoms with E-state index < -0.39 is 29.9 Å². The number of aromatic nitrogens is 1. The third kappa shape index (κ3) is 2.55. The number of benzene rings is 1. The van der Waals surface area contributed by atoms with Crippen LogP contribution in [0.3, 0.4) is 0 Å². The van der Waals surface area contributed by atoms with Crippen LogP contribution in [-0.4, -0.2) is 57.4 Å². The summed E-state index contributed by atoms with van der Waals surface area (Å²) in [5, 5.41) is 10.0. The topological polar surface area (TPSA) is 99.9 Å². The van der Waals surface area contributed by atoms with Gasteiger partial charge in [-0.15, -0.1) is 0 Å². The molecule has 0 aliphatic carbocycles. The molecule has 134 valence electrons. The number of amides is 4. The number of nitrogens with zero attached hydrogens (tertiary/aromatic N) is 3. The van der Waals surface area contributed by atoms with E-state index in [9.17, 15) is 24.3 Å². The first-order chi connectivity index (χ1) is 12.2. The van der Waals surface area contributed by atoms with Crippen molar-refractivity contribution in [3.05, 3.63) is 41.6 Å². The van der Waals surface area contributed by atoms with Gasteiger partial charge in [-0.3, -0.25) is 19.4 Å². The fraction of sp³-hybridized carbons (Fsp3) is 0.222. The summed E-state index contributed by atoms with van der Waals surface area (Å²) in [5.74, 6) is -2.39. The molecule has 1 unspecified atom stereocenters. The minimum atomic E-state index is -1.00. The summed E-state index contributed by atoms with van der Waals surface area (Å²) in [4.78, 5) is 49.7. The van der Waals surface area contributed by atoms with Crippen LogP contribution < -0.4 is 0 Å². The van der Waals surface area contributed by atoms with Crippen molar-refractivity contribution in [1.82, 2.24) is 14.4 Å². The van der Waals surface area contributed by atoms with Crippen LogP contribution in [0.5, 0.6) is 0 Å². The van der Waals surface area contributed by atoms with Gasteiger partial charge in [0, 0.05) is 36.8 Å². The van der Waals surface area contributed by atoms with Gasteiger partial charge in [0.2, 0.25) is 0 Å². The minimum absolute atomic E-state index is 0.152. The van der Waals surface area contributed by atoms with Crippen molar-refractivity contribution in [2.45, 2.75) is 13.0 Å². The van der Waals surface area contributed by atoms with E-state index in [1.54, 1.807) is 42.0 Å². The van der Waals surface area contributed by atoms with E-state index in [0.29, 0.717) is 16.5 Å². The Labute approximate surface area is 148 Å². The summed E-state index contributed by atoms with van der Waals surface area (Å²) in [6.07, 6.45) is 2.99. The van der Waals surface area contributed by atoms with Gasteiger partial charge in [0.05, 0.1) is 0 Å². The van der Waals surface area contributed by atoms with Gasteiger partial charge in [0.1, 0.15) is 11.6 Å². The van der Waals surface area contributed by atoms with Crippen molar-refractivity contribution in [2.75, 3.05) is 14.1 Å². The summed E-state index contributed by atoms with van der Waals surface area (Å²) in [5.41, 5.74) is 1.05. The van der Waals surface area contributed by atoms with Crippen molar-refractivity contribution in [2.24, 2.45) is 0 Å². The zero-order valence-electron chi connectivity index (χ0n) is 14.5. The number of hydrogen-bond donors (Lipinski definition) is 1. The normalized spacial score (nSPS) is 16.4. The Balaban J connectivity index is 2.18. The molecular formula is C18H17N3O5. The molecule has 4 amide bonds. The number of likely N-dealkylation sites (N-methyl/N-ethyl adjacent to an activating group) is 2. The number of fused-ring (bicyclic) bond motifs is 1. The number of aliphatic carboxylic acids is 1. The third-order valence-corrected chi connectivity index (χ3v) is 4.49. The number of carboxylic acid groups (broad SMARTS) is 1. The second-order valence-electron chi connectivity index (χ2n) is 6.09. The first-order valence-corrected chi connectivity index (χ1v) is 7.88. The van der Waals surface area contributed by atoms with Crippen molar-refractivity contribution in [3.8, 4) is 0 Å². The van der Waals surface area contributed by atoms with E-state index in [4.69, 9.17) is 0 Å². The second-order valence-corrected chi connectivity index (χ2v) is 6.09. The highest BCUT2D eigenvalue weighted by molar-refractivity contribution is 6.31.